The van der Waals surface area contributed by atoms with Gasteiger partial charge in [0.2, 0.25) is 0 Å². The van der Waals surface area contributed by atoms with Gasteiger partial charge in [-0.2, -0.15) is 0 Å². The minimum atomic E-state index is 0.490. The third-order valence-corrected chi connectivity index (χ3v) is 4.78. The van der Waals surface area contributed by atoms with Gasteiger partial charge in [0.25, 0.3) is 0 Å². The summed E-state index contributed by atoms with van der Waals surface area (Å²) in [7, 11) is 0. The van der Waals surface area contributed by atoms with Gasteiger partial charge in [-0.05, 0) is 37.0 Å². The van der Waals surface area contributed by atoms with Gasteiger partial charge in [-0.1, -0.05) is 44.0 Å². The first kappa shape index (κ1) is 13.2. The number of aromatic nitrogens is 1. The van der Waals surface area contributed by atoms with Gasteiger partial charge >= 0.3 is 0 Å². The third kappa shape index (κ3) is 3.63. The highest BCUT2D eigenvalue weighted by Gasteiger charge is 2.12. The molecule has 2 aromatic rings. The highest BCUT2D eigenvalue weighted by atomic mass is 79.9. The van der Waals surface area contributed by atoms with E-state index in [1.54, 1.807) is 11.3 Å². The Hall–Kier alpha value is -0.190. The van der Waals surface area contributed by atoms with Gasteiger partial charge in [-0.15, -0.1) is 11.3 Å². The average molecular weight is 375 g/mol. The summed E-state index contributed by atoms with van der Waals surface area (Å²) < 4.78 is 1.12. The Morgan fingerprint density at radius 3 is 2.53 bits per heavy atom. The SMILES string of the molecule is Cc1nc(CC(CBr)c2ccc(Br)cc2)cs1. The zero-order valence-electron chi connectivity index (χ0n) is 9.49. The van der Waals surface area contributed by atoms with Crippen LogP contribution in [0, 0.1) is 6.92 Å². The molecule has 17 heavy (non-hydrogen) atoms. The molecule has 0 saturated carbocycles. The van der Waals surface area contributed by atoms with Crippen molar-refractivity contribution in [3.63, 3.8) is 0 Å². The molecule has 1 heterocycles. The van der Waals surface area contributed by atoms with E-state index >= 15 is 0 Å². The van der Waals surface area contributed by atoms with Crippen LogP contribution in [0.5, 0.6) is 0 Å². The number of halogens is 2. The van der Waals surface area contributed by atoms with Crippen molar-refractivity contribution in [2.75, 3.05) is 5.33 Å². The molecule has 0 bridgehead atoms. The smallest absolute Gasteiger partial charge is 0.0897 e. The van der Waals surface area contributed by atoms with Crippen molar-refractivity contribution in [3.8, 4) is 0 Å². The zero-order chi connectivity index (χ0) is 12.3. The molecule has 0 aliphatic rings. The van der Waals surface area contributed by atoms with Crippen molar-refractivity contribution < 1.29 is 0 Å². The molecule has 0 amide bonds. The van der Waals surface area contributed by atoms with Crippen LogP contribution in [0.4, 0.5) is 0 Å². The molecule has 0 fully saturated rings. The van der Waals surface area contributed by atoms with E-state index in [4.69, 9.17) is 0 Å². The van der Waals surface area contributed by atoms with Crippen molar-refractivity contribution >= 4 is 43.2 Å². The molecule has 4 heteroatoms. The van der Waals surface area contributed by atoms with Gasteiger partial charge in [-0.25, -0.2) is 4.98 Å². The van der Waals surface area contributed by atoms with Crippen molar-refractivity contribution in [2.24, 2.45) is 0 Å². The number of alkyl halides is 1. The summed E-state index contributed by atoms with van der Waals surface area (Å²) in [6.45, 7) is 2.05. The number of thiazole rings is 1. The van der Waals surface area contributed by atoms with Crippen molar-refractivity contribution in [2.45, 2.75) is 19.3 Å². The van der Waals surface area contributed by atoms with Crippen LogP contribution < -0.4 is 0 Å². The van der Waals surface area contributed by atoms with E-state index in [1.165, 1.54) is 11.3 Å². The van der Waals surface area contributed by atoms with Gasteiger partial charge in [0.1, 0.15) is 0 Å². The molecule has 1 aromatic heterocycles. The number of benzene rings is 1. The molecule has 1 unspecified atom stereocenters. The highest BCUT2D eigenvalue weighted by Crippen LogP contribution is 2.25. The maximum absolute atomic E-state index is 4.53. The molecular weight excluding hydrogens is 362 g/mol. The maximum Gasteiger partial charge on any atom is 0.0897 e. The Bertz CT molecular complexity index is 478. The normalized spacial score (nSPS) is 12.6. The van der Waals surface area contributed by atoms with E-state index in [1.807, 2.05) is 0 Å². The number of rotatable bonds is 4. The second kappa shape index (κ2) is 6.12. The summed E-state index contributed by atoms with van der Waals surface area (Å²) in [5, 5.41) is 4.26. The molecule has 0 saturated heterocycles. The van der Waals surface area contributed by atoms with Gasteiger partial charge in [0.15, 0.2) is 0 Å². The van der Waals surface area contributed by atoms with Crippen LogP contribution in [0.3, 0.4) is 0 Å². The number of hydrogen-bond donors (Lipinski definition) is 0. The molecule has 0 spiro atoms. The van der Waals surface area contributed by atoms with E-state index in [9.17, 15) is 0 Å². The molecule has 0 N–H and O–H groups in total. The fraction of sp³-hybridized carbons (Fsp3) is 0.308. The fourth-order valence-corrected chi connectivity index (χ4v) is 3.24. The molecule has 0 radical (unpaired) electrons. The largest absolute Gasteiger partial charge is 0.247 e. The summed E-state index contributed by atoms with van der Waals surface area (Å²) in [5.41, 5.74) is 2.55. The minimum Gasteiger partial charge on any atom is -0.247 e. The molecule has 1 nitrogen and oxygen atoms in total. The second-order valence-corrected chi connectivity index (χ2v) is 6.59. The Morgan fingerprint density at radius 1 is 1.29 bits per heavy atom. The first-order chi connectivity index (χ1) is 8.19. The second-order valence-electron chi connectivity index (χ2n) is 3.96. The van der Waals surface area contributed by atoms with E-state index < -0.39 is 0 Å². The molecule has 90 valence electrons. The summed E-state index contributed by atoms with van der Waals surface area (Å²) in [5.74, 6) is 0.490. The summed E-state index contributed by atoms with van der Waals surface area (Å²) >= 11 is 8.78. The van der Waals surface area contributed by atoms with Gasteiger partial charge in [0.05, 0.1) is 10.7 Å². The van der Waals surface area contributed by atoms with Crippen molar-refractivity contribution in [1.82, 2.24) is 4.98 Å². The maximum atomic E-state index is 4.53. The number of nitrogens with zero attached hydrogens (tertiary/aromatic N) is 1. The van der Waals surface area contributed by atoms with Crippen LogP contribution in [0.25, 0.3) is 0 Å². The summed E-state index contributed by atoms with van der Waals surface area (Å²) in [6, 6.07) is 8.54. The Balaban J connectivity index is 2.13. The van der Waals surface area contributed by atoms with Crippen LogP contribution >= 0.6 is 43.2 Å². The van der Waals surface area contributed by atoms with E-state index in [0.29, 0.717) is 5.92 Å². The fourth-order valence-electron chi connectivity index (χ4n) is 1.75. The standard InChI is InChI=1S/C13H13Br2NS/c1-9-16-13(8-17-9)6-11(7-14)10-2-4-12(15)5-3-10/h2-5,8,11H,6-7H2,1H3. The van der Waals surface area contributed by atoms with Crippen molar-refractivity contribution in [3.05, 3.63) is 50.4 Å². The summed E-state index contributed by atoms with van der Waals surface area (Å²) in [4.78, 5) is 4.53. The number of aryl methyl sites for hydroxylation is 1. The van der Waals surface area contributed by atoms with Gasteiger partial charge in [-0.3, -0.25) is 0 Å². The first-order valence-electron chi connectivity index (χ1n) is 5.41. The molecule has 2 rings (SSSR count). The lowest BCUT2D eigenvalue weighted by molar-refractivity contribution is 0.758. The number of hydrogen-bond acceptors (Lipinski definition) is 2. The lowest BCUT2D eigenvalue weighted by atomic mass is 9.97. The van der Waals surface area contributed by atoms with Crippen molar-refractivity contribution in [1.29, 1.82) is 0 Å². The predicted octanol–water partition coefficient (Wildman–Crippen LogP) is 4.94. The van der Waals surface area contributed by atoms with Crippen LogP contribution in [0.1, 0.15) is 22.2 Å². The molecule has 0 aliphatic heterocycles. The lowest BCUT2D eigenvalue weighted by Crippen LogP contribution is -2.04. The van der Waals surface area contributed by atoms with E-state index in [-0.39, 0.29) is 0 Å². The third-order valence-electron chi connectivity index (χ3n) is 2.65. The zero-order valence-corrected chi connectivity index (χ0v) is 13.5. The lowest BCUT2D eigenvalue weighted by Gasteiger charge is -2.13. The quantitative estimate of drug-likeness (QED) is 0.691. The molecule has 1 aromatic carbocycles. The molecular formula is C13H13Br2NS. The van der Waals surface area contributed by atoms with Crippen LogP contribution in [0.2, 0.25) is 0 Å². The predicted molar refractivity (Wildman–Crippen MR) is 81.2 cm³/mol. The molecule has 1 atom stereocenters. The van der Waals surface area contributed by atoms with Gasteiger partial charge in [0, 0.05) is 15.2 Å². The highest BCUT2D eigenvalue weighted by molar-refractivity contribution is 9.10. The Kier molecular flexibility index (Phi) is 4.77. The van der Waals surface area contributed by atoms with Gasteiger partial charge < -0.3 is 0 Å². The average Bonchev–Trinajstić information content (AvgIpc) is 2.73. The van der Waals surface area contributed by atoms with Crippen LogP contribution in [-0.2, 0) is 6.42 Å². The van der Waals surface area contributed by atoms with Crippen LogP contribution in [0.15, 0.2) is 34.1 Å². The monoisotopic (exact) mass is 373 g/mol. The Morgan fingerprint density at radius 2 is 2.00 bits per heavy atom. The minimum absolute atomic E-state index is 0.490. The first-order valence-corrected chi connectivity index (χ1v) is 8.21. The van der Waals surface area contributed by atoms with E-state index in [0.717, 1.165) is 21.2 Å². The topological polar surface area (TPSA) is 12.9 Å². The van der Waals surface area contributed by atoms with Crippen LogP contribution in [-0.4, -0.2) is 10.3 Å². The molecule has 0 aliphatic carbocycles. The Labute approximate surface area is 123 Å². The van der Waals surface area contributed by atoms with E-state index in [2.05, 4.69) is 73.4 Å². The summed E-state index contributed by atoms with van der Waals surface area (Å²) in [6.07, 6.45) is 0.997.